The standard InChI is InChI=1S/C43H31N/c1-3-11-31(12-4-1)32-19-21-33(22-20-32)34-23-27-37(28-24-34)44-38-29-25-36(26-30-38)43(35-13-5-2-6-14-35)41-17-9-7-15-39(41)40-16-8-10-18-42(40)43/h1-30,44H. The SMILES string of the molecule is c1ccc(-c2ccc(-c3ccc(Nc4ccc(C5(c6ccccc6)c6ccccc6-c6ccccc65)cc4)cc3)cc2)cc1. The van der Waals surface area contributed by atoms with Crippen molar-refractivity contribution in [1.82, 2.24) is 0 Å². The summed E-state index contributed by atoms with van der Waals surface area (Å²) in [7, 11) is 0. The molecule has 0 aromatic heterocycles. The summed E-state index contributed by atoms with van der Waals surface area (Å²) in [5, 5.41) is 3.62. The fraction of sp³-hybridized carbons (Fsp3) is 0.0233. The zero-order valence-corrected chi connectivity index (χ0v) is 24.3. The molecule has 1 heteroatoms. The molecule has 1 aliphatic carbocycles. The van der Waals surface area contributed by atoms with Crippen LogP contribution in [0.15, 0.2) is 182 Å². The number of nitrogens with one attached hydrogen (secondary N) is 1. The number of benzene rings is 7. The number of hydrogen-bond donors (Lipinski definition) is 1. The third-order valence-electron chi connectivity index (χ3n) is 8.98. The van der Waals surface area contributed by atoms with Crippen LogP contribution in [-0.4, -0.2) is 0 Å². The average molecular weight is 562 g/mol. The number of rotatable bonds is 6. The van der Waals surface area contributed by atoms with Gasteiger partial charge >= 0.3 is 0 Å². The van der Waals surface area contributed by atoms with Crippen LogP contribution in [0.1, 0.15) is 22.3 Å². The molecule has 8 rings (SSSR count). The van der Waals surface area contributed by atoms with Gasteiger partial charge in [-0.05, 0) is 79.9 Å². The smallest absolute Gasteiger partial charge is 0.0713 e. The molecule has 1 nitrogen and oxygen atoms in total. The van der Waals surface area contributed by atoms with Crippen molar-refractivity contribution in [3.63, 3.8) is 0 Å². The maximum atomic E-state index is 3.62. The van der Waals surface area contributed by atoms with Crippen molar-refractivity contribution in [3.8, 4) is 33.4 Å². The Bertz CT molecular complexity index is 1990. The molecule has 0 atom stereocenters. The Balaban J connectivity index is 1.09. The average Bonchev–Trinajstić information content (AvgIpc) is 3.41. The third kappa shape index (κ3) is 4.33. The van der Waals surface area contributed by atoms with Crippen LogP contribution in [0.4, 0.5) is 11.4 Å². The Hall–Kier alpha value is -5.66. The molecular formula is C43H31N. The van der Waals surface area contributed by atoms with Gasteiger partial charge in [0.05, 0.1) is 5.41 Å². The van der Waals surface area contributed by atoms with Crippen molar-refractivity contribution in [1.29, 1.82) is 0 Å². The normalized spacial score (nSPS) is 12.7. The first kappa shape index (κ1) is 26.0. The van der Waals surface area contributed by atoms with E-state index in [0.717, 1.165) is 11.4 Å². The fourth-order valence-electron chi connectivity index (χ4n) is 6.91. The quantitative estimate of drug-likeness (QED) is 0.213. The van der Waals surface area contributed by atoms with Crippen LogP contribution in [0.25, 0.3) is 33.4 Å². The van der Waals surface area contributed by atoms with Gasteiger partial charge < -0.3 is 5.32 Å². The van der Waals surface area contributed by atoms with Crippen LogP contribution in [-0.2, 0) is 5.41 Å². The monoisotopic (exact) mass is 561 g/mol. The second-order valence-electron chi connectivity index (χ2n) is 11.4. The molecule has 7 aromatic rings. The van der Waals surface area contributed by atoms with Gasteiger partial charge in [-0.25, -0.2) is 0 Å². The third-order valence-corrected chi connectivity index (χ3v) is 8.98. The van der Waals surface area contributed by atoms with Crippen molar-refractivity contribution in [2.24, 2.45) is 0 Å². The lowest BCUT2D eigenvalue weighted by Crippen LogP contribution is -2.28. The molecule has 0 saturated heterocycles. The van der Waals surface area contributed by atoms with Crippen LogP contribution in [0.3, 0.4) is 0 Å². The lowest BCUT2D eigenvalue weighted by molar-refractivity contribution is 0.768. The molecule has 7 aromatic carbocycles. The summed E-state index contributed by atoms with van der Waals surface area (Å²) in [6.45, 7) is 0. The zero-order valence-electron chi connectivity index (χ0n) is 24.3. The first-order chi connectivity index (χ1) is 21.8. The Morgan fingerprint density at radius 3 is 1.18 bits per heavy atom. The zero-order chi connectivity index (χ0) is 29.3. The van der Waals surface area contributed by atoms with E-state index in [2.05, 4.69) is 187 Å². The van der Waals surface area contributed by atoms with E-state index in [-0.39, 0.29) is 5.41 Å². The van der Waals surface area contributed by atoms with Gasteiger partial charge in [0, 0.05) is 11.4 Å². The lowest BCUT2D eigenvalue weighted by atomic mass is 9.68. The maximum Gasteiger partial charge on any atom is 0.0713 e. The van der Waals surface area contributed by atoms with Gasteiger partial charge in [0.25, 0.3) is 0 Å². The second-order valence-corrected chi connectivity index (χ2v) is 11.4. The van der Waals surface area contributed by atoms with E-state index in [0.29, 0.717) is 0 Å². The molecule has 44 heavy (non-hydrogen) atoms. The molecule has 0 unspecified atom stereocenters. The molecule has 0 fully saturated rings. The minimum absolute atomic E-state index is 0.370. The van der Waals surface area contributed by atoms with Gasteiger partial charge in [-0.15, -0.1) is 0 Å². The van der Waals surface area contributed by atoms with Crippen LogP contribution >= 0.6 is 0 Å². The van der Waals surface area contributed by atoms with Gasteiger partial charge in [0.1, 0.15) is 0 Å². The van der Waals surface area contributed by atoms with Crippen molar-refractivity contribution in [2.75, 3.05) is 5.32 Å². The summed E-state index contributed by atoms with van der Waals surface area (Å²) in [6.07, 6.45) is 0. The largest absolute Gasteiger partial charge is 0.356 e. The van der Waals surface area contributed by atoms with Gasteiger partial charge in [0.2, 0.25) is 0 Å². The summed E-state index contributed by atoms with van der Waals surface area (Å²) in [6, 6.07) is 65.6. The summed E-state index contributed by atoms with van der Waals surface area (Å²) < 4.78 is 0. The van der Waals surface area contributed by atoms with E-state index < -0.39 is 0 Å². The molecule has 0 amide bonds. The van der Waals surface area contributed by atoms with E-state index in [9.17, 15) is 0 Å². The first-order valence-electron chi connectivity index (χ1n) is 15.2. The number of hydrogen-bond acceptors (Lipinski definition) is 1. The van der Waals surface area contributed by atoms with Crippen LogP contribution in [0, 0.1) is 0 Å². The van der Waals surface area contributed by atoms with Crippen LogP contribution in [0.5, 0.6) is 0 Å². The molecule has 0 radical (unpaired) electrons. The Labute approximate surface area is 259 Å². The minimum Gasteiger partial charge on any atom is -0.356 e. The highest BCUT2D eigenvalue weighted by Gasteiger charge is 2.45. The summed E-state index contributed by atoms with van der Waals surface area (Å²) in [5.74, 6) is 0. The molecule has 0 spiro atoms. The van der Waals surface area contributed by atoms with Gasteiger partial charge in [0.15, 0.2) is 0 Å². The van der Waals surface area contributed by atoms with Crippen LogP contribution in [0.2, 0.25) is 0 Å². The predicted molar refractivity (Wildman–Crippen MR) is 184 cm³/mol. The van der Waals surface area contributed by atoms with Gasteiger partial charge in [-0.3, -0.25) is 0 Å². The maximum absolute atomic E-state index is 3.62. The molecule has 1 N–H and O–H groups in total. The summed E-state index contributed by atoms with van der Waals surface area (Å²) in [4.78, 5) is 0. The van der Waals surface area contributed by atoms with Crippen molar-refractivity contribution in [2.45, 2.75) is 5.41 Å². The second kappa shape index (κ2) is 10.9. The number of anilines is 2. The number of fused-ring (bicyclic) bond motifs is 3. The highest BCUT2D eigenvalue weighted by atomic mass is 14.9. The van der Waals surface area contributed by atoms with E-state index in [1.54, 1.807) is 0 Å². The topological polar surface area (TPSA) is 12.0 Å². The molecular weight excluding hydrogens is 530 g/mol. The van der Waals surface area contributed by atoms with Crippen molar-refractivity contribution < 1.29 is 0 Å². The Kier molecular flexibility index (Phi) is 6.43. The van der Waals surface area contributed by atoms with Crippen LogP contribution < -0.4 is 5.32 Å². The van der Waals surface area contributed by atoms with Crippen molar-refractivity contribution in [3.05, 3.63) is 204 Å². The first-order valence-corrected chi connectivity index (χ1v) is 15.2. The summed E-state index contributed by atoms with van der Waals surface area (Å²) >= 11 is 0. The molecule has 0 saturated carbocycles. The molecule has 208 valence electrons. The predicted octanol–water partition coefficient (Wildman–Crippen LogP) is 11.1. The molecule has 0 bridgehead atoms. The highest BCUT2D eigenvalue weighted by molar-refractivity contribution is 5.86. The molecule has 0 heterocycles. The van der Waals surface area contributed by atoms with E-state index in [1.165, 1.54) is 55.6 Å². The van der Waals surface area contributed by atoms with E-state index in [4.69, 9.17) is 0 Å². The van der Waals surface area contributed by atoms with E-state index in [1.807, 2.05) is 0 Å². The minimum atomic E-state index is -0.370. The Morgan fingerprint density at radius 2 is 0.659 bits per heavy atom. The van der Waals surface area contributed by atoms with Gasteiger partial charge in [-0.2, -0.15) is 0 Å². The van der Waals surface area contributed by atoms with E-state index >= 15 is 0 Å². The van der Waals surface area contributed by atoms with Gasteiger partial charge in [-0.1, -0.05) is 158 Å². The molecule has 0 aliphatic heterocycles. The summed E-state index contributed by atoms with van der Waals surface area (Å²) in [5.41, 5.74) is 14.5. The molecule has 1 aliphatic rings. The Morgan fingerprint density at radius 1 is 0.295 bits per heavy atom. The highest BCUT2D eigenvalue weighted by Crippen LogP contribution is 2.56. The fourth-order valence-corrected chi connectivity index (χ4v) is 6.91. The van der Waals surface area contributed by atoms with Crippen molar-refractivity contribution >= 4 is 11.4 Å². The lowest BCUT2D eigenvalue weighted by Gasteiger charge is -2.34.